The van der Waals surface area contributed by atoms with Gasteiger partial charge in [-0.1, -0.05) is 0 Å². The van der Waals surface area contributed by atoms with E-state index in [-0.39, 0.29) is 0 Å². The number of thiocyanates is 1. The van der Waals surface area contributed by atoms with Crippen molar-refractivity contribution in [2.24, 2.45) is 0 Å². The average Bonchev–Trinajstić information content (AvgIpc) is 2.49. The molecule has 1 saturated heterocycles. The molecule has 0 saturated carbocycles. The van der Waals surface area contributed by atoms with Gasteiger partial charge in [0.25, 0.3) is 0 Å². The third-order valence-corrected chi connectivity index (χ3v) is 4.12. The van der Waals surface area contributed by atoms with E-state index in [0.717, 1.165) is 17.4 Å². The third kappa shape index (κ3) is 4.99. The number of nitrogens with zero attached hydrogens (tertiary/aromatic N) is 3. The van der Waals surface area contributed by atoms with Crippen LogP contribution in [0.1, 0.15) is 27.2 Å². The molecule has 1 aromatic heterocycles. The van der Waals surface area contributed by atoms with Crippen molar-refractivity contribution >= 4 is 23.5 Å². The normalized spacial score (nSPS) is 21.0. The number of alkyl halides is 1. The molecular formula is C16H21FN4O2S. The van der Waals surface area contributed by atoms with Crippen LogP contribution in [0, 0.1) is 10.7 Å². The Hall–Kier alpha value is -2.01. The smallest absolute Gasteiger partial charge is 0.408 e. The molecule has 1 aromatic rings. The first-order valence-corrected chi connectivity index (χ1v) is 8.50. The molecular weight excluding hydrogens is 331 g/mol. The number of piperidine rings is 1. The lowest BCUT2D eigenvalue weighted by Gasteiger charge is -2.37. The molecule has 24 heavy (non-hydrogen) atoms. The van der Waals surface area contributed by atoms with Gasteiger partial charge in [0.15, 0.2) is 0 Å². The lowest BCUT2D eigenvalue weighted by Crippen LogP contribution is -2.54. The van der Waals surface area contributed by atoms with E-state index in [1.54, 1.807) is 39.2 Å². The number of nitrogens with one attached hydrogen (secondary N) is 1. The van der Waals surface area contributed by atoms with Gasteiger partial charge in [0.2, 0.25) is 0 Å². The van der Waals surface area contributed by atoms with Crippen LogP contribution in [0.5, 0.6) is 0 Å². The summed E-state index contributed by atoms with van der Waals surface area (Å²) >= 11 is 1.01. The van der Waals surface area contributed by atoms with Crippen LogP contribution in [0.3, 0.4) is 0 Å². The van der Waals surface area contributed by atoms with E-state index in [4.69, 9.17) is 10.00 Å². The maximum atomic E-state index is 14.2. The van der Waals surface area contributed by atoms with E-state index in [1.165, 1.54) is 0 Å². The van der Waals surface area contributed by atoms with E-state index >= 15 is 0 Å². The highest BCUT2D eigenvalue weighted by Gasteiger charge is 2.32. The Morgan fingerprint density at radius 1 is 1.58 bits per heavy atom. The van der Waals surface area contributed by atoms with Gasteiger partial charge < -0.3 is 15.0 Å². The lowest BCUT2D eigenvalue weighted by atomic mass is 10.0. The number of rotatable bonds is 3. The first-order chi connectivity index (χ1) is 11.3. The molecule has 0 aromatic carbocycles. The van der Waals surface area contributed by atoms with E-state index in [9.17, 15) is 9.18 Å². The summed E-state index contributed by atoms with van der Waals surface area (Å²) in [5.74, 6) is 0. The number of anilines is 1. The molecule has 0 spiro atoms. The molecule has 8 heteroatoms. The fourth-order valence-electron chi connectivity index (χ4n) is 2.50. The number of aromatic nitrogens is 1. The number of carbonyl (C=O) groups is 1. The van der Waals surface area contributed by atoms with Crippen LogP contribution in [-0.4, -0.2) is 42.0 Å². The topological polar surface area (TPSA) is 78.2 Å². The zero-order valence-electron chi connectivity index (χ0n) is 14.0. The Kier molecular flexibility index (Phi) is 5.89. The number of thioether (sulfide) groups is 1. The molecule has 0 bridgehead atoms. The predicted molar refractivity (Wildman–Crippen MR) is 90.6 cm³/mol. The molecule has 1 N–H and O–H groups in total. The molecule has 0 aliphatic carbocycles. The maximum absolute atomic E-state index is 14.2. The molecule has 0 radical (unpaired) electrons. The van der Waals surface area contributed by atoms with E-state index in [1.807, 2.05) is 10.3 Å². The van der Waals surface area contributed by atoms with Crippen molar-refractivity contribution in [2.45, 2.75) is 49.9 Å². The van der Waals surface area contributed by atoms with E-state index in [2.05, 4.69) is 10.3 Å². The molecule has 1 aliphatic rings. The van der Waals surface area contributed by atoms with E-state index < -0.39 is 23.9 Å². The minimum atomic E-state index is -1.14. The summed E-state index contributed by atoms with van der Waals surface area (Å²) in [6.07, 6.45) is 1.77. The summed E-state index contributed by atoms with van der Waals surface area (Å²) in [4.78, 5) is 18.6. The number of alkyl carbamates (subject to hydrolysis) is 1. The second kappa shape index (κ2) is 7.71. The van der Waals surface area contributed by atoms with Crippen molar-refractivity contribution in [1.29, 1.82) is 5.26 Å². The van der Waals surface area contributed by atoms with Crippen molar-refractivity contribution in [2.75, 3.05) is 18.0 Å². The van der Waals surface area contributed by atoms with Crippen LogP contribution < -0.4 is 10.2 Å². The van der Waals surface area contributed by atoms with Gasteiger partial charge in [0.05, 0.1) is 16.6 Å². The Morgan fingerprint density at radius 2 is 2.33 bits per heavy atom. The summed E-state index contributed by atoms with van der Waals surface area (Å²) < 4.78 is 19.4. The molecule has 2 heterocycles. The van der Waals surface area contributed by atoms with Crippen molar-refractivity contribution in [3.63, 3.8) is 0 Å². The van der Waals surface area contributed by atoms with Gasteiger partial charge in [-0.15, -0.1) is 0 Å². The predicted octanol–water partition coefficient (Wildman–Crippen LogP) is 3.10. The standard InChI is InChI=1S/C16H21FN4O2S/c1-16(2,3)23-15(22)20-12-9-21(7-5-11(12)17)13-4-6-19-8-14(13)24-10-18/h4,6,8,11-12H,5,7,9H2,1-3H3,(H,20,22)/t11-,12?/m1/s1. The number of carbonyl (C=O) groups excluding carboxylic acids is 1. The zero-order chi connectivity index (χ0) is 17.7. The molecule has 1 amide bonds. The molecule has 1 fully saturated rings. The first kappa shape index (κ1) is 18.3. The lowest BCUT2D eigenvalue weighted by molar-refractivity contribution is 0.0466. The average molecular weight is 352 g/mol. The van der Waals surface area contributed by atoms with Gasteiger partial charge in [-0.3, -0.25) is 4.98 Å². The number of nitriles is 1. The highest BCUT2D eigenvalue weighted by Crippen LogP contribution is 2.31. The highest BCUT2D eigenvalue weighted by atomic mass is 32.2. The Labute approximate surface area is 145 Å². The minimum absolute atomic E-state index is 0.291. The quantitative estimate of drug-likeness (QED) is 0.665. The second-order valence-corrected chi connectivity index (χ2v) is 7.37. The molecule has 1 aliphatic heterocycles. The number of pyridine rings is 1. The highest BCUT2D eigenvalue weighted by molar-refractivity contribution is 8.03. The SMILES string of the molecule is CC(C)(C)OC(=O)NC1CN(c2ccncc2SC#N)CC[C@H]1F. The summed E-state index contributed by atoms with van der Waals surface area (Å²) in [7, 11) is 0. The van der Waals surface area contributed by atoms with Gasteiger partial charge >= 0.3 is 6.09 Å². The molecule has 6 nitrogen and oxygen atoms in total. The van der Waals surface area contributed by atoms with Crippen LogP contribution in [0.4, 0.5) is 14.9 Å². The number of hydrogen-bond acceptors (Lipinski definition) is 6. The van der Waals surface area contributed by atoms with Gasteiger partial charge in [0, 0.05) is 25.5 Å². The van der Waals surface area contributed by atoms with Gasteiger partial charge in [-0.2, -0.15) is 5.26 Å². The van der Waals surface area contributed by atoms with Gasteiger partial charge in [0.1, 0.15) is 17.2 Å². The van der Waals surface area contributed by atoms with Crippen LogP contribution >= 0.6 is 11.8 Å². The largest absolute Gasteiger partial charge is 0.444 e. The fourth-order valence-corrected chi connectivity index (χ4v) is 3.01. The van der Waals surface area contributed by atoms with Crippen molar-refractivity contribution in [1.82, 2.24) is 10.3 Å². The number of hydrogen-bond donors (Lipinski definition) is 1. The first-order valence-electron chi connectivity index (χ1n) is 7.68. The maximum Gasteiger partial charge on any atom is 0.408 e. The number of amides is 1. The molecule has 2 atom stereocenters. The third-order valence-electron chi connectivity index (χ3n) is 3.49. The Bertz CT molecular complexity index is 629. The van der Waals surface area contributed by atoms with Gasteiger partial charge in [-0.25, -0.2) is 9.18 Å². The fraction of sp³-hybridized carbons (Fsp3) is 0.562. The summed E-state index contributed by atoms with van der Waals surface area (Å²) in [6, 6.07) is 1.13. The summed E-state index contributed by atoms with van der Waals surface area (Å²) in [5, 5.41) is 13.5. The summed E-state index contributed by atoms with van der Waals surface area (Å²) in [6.45, 7) is 6.10. The van der Waals surface area contributed by atoms with Gasteiger partial charge in [-0.05, 0) is 45.0 Å². The number of ether oxygens (including phenoxy) is 1. The van der Waals surface area contributed by atoms with E-state index in [0.29, 0.717) is 24.4 Å². The Balaban J connectivity index is 2.08. The monoisotopic (exact) mass is 352 g/mol. The summed E-state index contributed by atoms with van der Waals surface area (Å²) in [5.41, 5.74) is 0.186. The van der Waals surface area contributed by atoms with Crippen molar-refractivity contribution in [3.05, 3.63) is 18.5 Å². The zero-order valence-corrected chi connectivity index (χ0v) is 14.8. The molecule has 130 valence electrons. The number of halogens is 1. The molecule has 2 rings (SSSR count). The van der Waals surface area contributed by atoms with Crippen molar-refractivity contribution < 1.29 is 13.9 Å². The van der Waals surface area contributed by atoms with Crippen molar-refractivity contribution in [3.8, 4) is 5.40 Å². The minimum Gasteiger partial charge on any atom is -0.444 e. The van der Waals surface area contributed by atoms with Crippen LogP contribution in [0.15, 0.2) is 23.4 Å². The molecule has 1 unspecified atom stereocenters. The Morgan fingerprint density at radius 3 is 3.00 bits per heavy atom. The van der Waals surface area contributed by atoms with Crippen LogP contribution in [0.25, 0.3) is 0 Å². The van der Waals surface area contributed by atoms with Crippen LogP contribution in [-0.2, 0) is 4.74 Å². The van der Waals surface area contributed by atoms with Crippen LogP contribution in [0.2, 0.25) is 0 Å². The second-order valence-electron chi connectivity index (χ2n) is 6.54.